The van der Waals surface area contributed by atoms with Crippen molar-refractivity contribution in [1.82, 2.24) is 4.90 Å². The molecule has 0 aromatic heterocycles. The van der Waals surface area contributed by atoms with Crippen molar-refractivity contribution < 1.29 is 19.2 Å². The number of hydrogen-bond donors (Lipinski definition) is 1. The molecule has 0 spiro atoms. The van der Waals surface area contributed by atoms with Gasteiger partial charge in [-0.15, -0.1) is 0 Å². The number of nitro benzene ring substituents is 1. The highest BCUT2D eigenvalue weighted by Gasteiger charge is 2.39. The van der Waals surface area contributed by atoms with Gasteiger partial charge < -0.3 is 10.1 Å². The Kier molecular flexibility index (Phi) is 8.20. The van der Waals surface area contributed by atoms with Gasteiger partial charge in [-0.2, -0.15) is 0 Å². The fourth-order valence-corrected chi connectivity index (χ4v) is 4.35. The van der Waals surface area contributed by atoms with Crippen LogP contribution in [-0.2, 0) is 14.3 Å². The third-order valence-corrected chi connectivity index (χ3v) is 6.04. The number of amides is 2. The van der Waals surface area contributed by atoms with Gasteiger partial charge in [-0.05, 0) is 24.6 Å². The van der Waals surface area contributed by atoms with E-state index in [1.165, 1.54) is 30.0 Å². The summed E-state index contributed by atoms with van der Waals surface area (Å²) in [6, 6.07) is 13.0. The highest BCUT2D eigenvalue weighted by molar-refractivity contribution is 8.15. The Labute approximate surface area is 193 Å². The van der Waals surface area contributed by atoms with Crippen LogP contribution in [0.4, 0.5) is 17.1 Å². The number of aliphatic imine (C=N–C) groups is 1. The minimum Gasteiger partial charge on any atom is -0.385 e. The maximum absolute atomic E-state index is 13.0. The molecular weight excluding hydrogens is 456 g/mol. The Balaban J connectivity index is 1.74. The zero-order valence-corrected chi connectivity index (χ0v) is 18.8. The van der Waals surface area contributed by atoms with Crippen LogP contribution in [0, 0.1) is 10.1 Å². The van der Waals surface area contributed by atoms with Crippen LogP contribution in [0.2, 0.25) is 5.02 Å². The number of nitrogens with one attached hydrogen (secondary N) is 1. The second-order valence-corrected chi connectivity index (χ2v) is 8.42. The summed E-state index contributed by atoms with van der Waals surface area (Å²) in [4.78, 5) is 42.1. The van der Waals surface area contributed by atoms with Gasteiger partial charge in [0.1, 0.15) is 5.25 Å². The molecule has 1 aliphatic heterocycles. The highest BCUT2D eigenvalue weighted by Crippen LogP contribution is 2.33. The summed E-state index contributed by atoms with van der Waals surface area (Å²) in [7, 11) is 1.59. The molecule has 1 saturated heterocycles. The SMILES string of the molecule is COCCCN1C(=O)C(CC(=O)Nc2cc([N+](=O)[O-])ccc2Cl)SC1=Nc1ccccc1. The van der Waals surface area contributed by atoms with Crippen molar-refractivity contribution >= 4 is 57.4 Å². The first kappa shape index (κ1) is 23.7. The molecule has 1 unspecified atom stereocenters. The lowest BCUT2D eigenvalue weighted by atomic mass is 10.2. The Morgan fingerprint density at radius 3 is 2.75 bits per heavy atom. The van der Waals surface area contributed by atoms with Gasteiger partial charge in [0.05, 0.1) is 21.3 Å². The van der Waals surface area contributed by atoms with Crippen LogP contribution >= 0.6 is 23.4 Å². The van der Waals surface area contributed by atoms with E-state index < -0.39 is 16.1 Å². The number of thioether (sulfide) groups is 1. The first-order valence-electron chi connectivity index (χ1n) is 9.73. The van der Waals surface area contributed by atoms with E-state index >= 15 is 0 Å². The van der Waals surface area contributed by atoms with Crippen LogP contribution in [0.1, 0.15) is 12.8 Å². The summed E-state index contributed by atoms with van der Waals surface area (Å²) in [5, 5.41) is 13.6. The van der Waals surface area contributed by atoms with Crippen LogP contribution in [0.5, 0.6) is 0 Å². The molecule has 0 saturated carbocycles. The van der Waals surface area contributed by atoms with Crippen molar-refractivity contribution in [2.75, 3.05) is 25.6 Å². The number of ether oxygens (including phenoxy) is 1. The van der Waals surface area contributed by atoms with Crippen molar-refractivity contribution in [2.45, 2.75) is 18.1 Å². The first-order chi connectivity index (χ1) is 15.4. The summed E-state index contributed by atoms with van der Waals surface area (Å²) >= 11 is 7.26. The van der Waals surface area contributed by atoms with Crippen molar-refractivity contribution in [2.24, 2.45) is 4.99 Å². The number of nitrogens with zero attached hydrogens (tertiary/aromatic N) is 3. The minimum absolute atomic E-state index is 0.122. The fraction of sp³-hybridized carbons (Fsp3) is 0.286. The molecule has 3 rings (SSSR count). The average Bonchev–Trinajstić information content (AvgIpc) is 3.04. The van der Waals surface area contributed by atoms with Crippen LogP contribution in [0.25, 0.3) is 0 Å². The van der Waals surface area contributed by atoms with E-state index in [0.29, 0.717) is 30.4 Å². The third-order valence-electron chi connectivity index (χ3n) is 4.54. The number of anilines is 1. The molecule has 1 N–H and O–H groups in total. The lowest BCUT2D eigenvalue weighted by Gasteiger charge is -2.16. The van der Waals surface area contributed by atoms with E-state index in [0.717, 1.165) is 0 Å². The molecule has 1 aliphatic rings. The van der Waals surface area contributed by atoms with E-state index in [1.807, 2.05) is 30.3 Å². The van der Waals surface area contributed by atoms with Crippen LogP contribution in [0.3, 0.4) is 0 Å². The smallest absolute Gasteiger partial charge is 0.271 e. The van der Waals surface area contributed by atoms with Gasteiger partial charge in [0.25, 0.3) is 5.69 Å². The molecule has 9 nitrogen and oxygen atoms in total. The number of nitro groups is 1. The molecule has 32 heavy (non-hydrogen) atoms. The third kappa shape index (κ3) is 6.06. The van der Waals surface area contributed by atoms with Crippen LogP contribution in [0.15, 0.2) is 53.5 Å². The molecule has 0 bridgehead atoms. The van der Waals surface area contributed by atoms with Gasteiger partial charge in [-0.3, -0.25) is 24.6 Å². The van der Waals surface area contributed by atoms with Gasteiger partial charge in [-0.1, -0.05) is 41.6 Å². The largest absolute Gasteiger partial charge is 0.385 e. The molecule has 2 aromatic carbocycles. The second kappa shape index (κ2) is 11.1. The predicted octanol–water partition coefficient (Wildman–Crippen LogP) is 4.25. The standard InChI is InChI=1S/C21H21ClN4O5S/c1-31-11-5-10-25-20(28)18(32-21(25)23-14-6-3-2-4-7-14)13-19(27)24-17-12-15(26(29)30)8-9-16(17)22/h2-4,6-9,12,18H,5,10-11,13H2,1H3,(H,24,27). The molecule has 1 fully saturated rings. The zero-order chi connectivity index (χ0) is 23.1. The first-order valence-corrected chi connectivity index (χ1v) is 11.0. The zero-order valence-electron chi connectivity index (χ0n) is 17.2. The number of amidine groups is 1. The van der Waals surface area contributed by atoms with Gasteiger partial charge in [0.15, 0.2) is 5.17 Å². The molecular formula is C21H21ClN4O5S. The van der Waals surface area contributed by atoms with Crippen molar-refractivity contribution in [3.8, 4) is 0 Å². The fourth-order valence-electron chi connectivity index (χ4n) is 3.00. The summed E-state index contributed by atoms with van der Waals surface area (Å²) < 4.78 is 5.08. The molecule has 0 radical (unpaired) electrons. The van der Waals surface area contributed by atoms with Gasteiger partial charge >= 0.3 is 0 Å². The van der Waals surface area contributed by atoms with Crippen LogP contribution in [-0.4, -0.2) is 52.3 Å². The molecule has 2 aromatic rings. The van der Waals surface area contributed by atoms with Crippen LogP contribution < -0.4 is 5.32 Å². The monoisotopic (exact) mass is 476 g/mol. The Bertz CT molecular complexity index is 1030. The summed E-state index contributed by atoms with van der Waals surface area (Å²) in [6.45, 7) is 0.906. The van der Waals surface area contributed by atoms with Crippen molar-refractivity contribution in [3.05, 3.63) is 63.7 Å². The van der Waals surface area contributed by atoms with Crippen molar-refractivity contribution in [1.29, 1.82) is 0 Å². The highest BCUT2D eigenvalue weighted by atomic mass is 35.5. The number of carbonyl (C=O) groups excluding carboxylic acids is 2. The van der Waals surface area contributed by atoms with E-state index in [9.17, 15) is 19.7 Å². The second-order valence-electron chi connectivity index (χ2n) is 6.85. The van der Waals surface area contributed by atoms with Gasteiger partial charge in [0, 0.05) is 38.8 Å². The molecule has 0 aliphatic carbocycles. The Hall–Kier alpha value is -2.95. The number of benzene rings is 2. The van der Waals surface area contributed by atoms with Gasteiger partial charge in [0.2, 0.25) is 11.8 Å². The summed E-state index contributed by atoms with van der Waals surface area (Å²) in [6.07, 6.45) is 0.496. The number of carbonyl (C=O) groups is 2. The van der Waals surface area contributed by atoms with Gasteiger partial charge in [-0.25, -0.2) is 4.99 Å². The quantitative estimate of drug-likeness (QED) is 0.329. The average molecular weight is 477 g/mol. The minimum atomic E-state index is -0.669. The Morgan fingerprint density at radius 2 is 2.06 bits per heavy atom. The van der Waals surface area contributed by atoms with Crippen molar-refractivity contribution in [3.63, 3.8) is 0 Å². The molecule has 11 heteroatoms. The van der Waals surface area contributed by atoms with E-state index in [4.69, 9.17) is 16.3 Å². The maximum Gasteiger partial charge on any atom is 0.271 e. The Morgan fingerprint density at radius 1 is 1.31 bits per heavy atom. The lowest BCUT2D eigenvalue weighted by molar-refractivity contribution is -0.384. The normalized spacial score (nSPS) is 17.1. The number of methoxy groups -OCH3 is 1. The van der Waals surface area contributed by atoms with E-state index in [-0.39, 0.29) is 28.7 Å². The number of para-hydroxylation sites is 1. The number of rotatable bonds is 9. The topological polar surface area (TPSA) is 114 Å². The predicted molar refractivity (Wildman–Crippen MR) is 124 cm³/mol. The van der Waals surface area contributed by atoms with E-state index in [1.54, 1.807) is 12.0 Å². The lowest BCUT2D eigenvalue weighted by Crippen LogP contribution is -2.34. The van der Waals surface area contributed by atoms with E-state index in [2.05, 4.69) is 10.3 Å². The molecule has 1 atom stereocenters. The molecule has 168 valence electrons. The molecule has 1 heterocycles. The summed E-state index contributed by atoms with van der Waals surface area (Å²) in [5.74, 6) is -0.697. The summed E-state index contributed by atoms with van der Waals surface area (Å²) in [5.41, 5.74) is 0.627. The molecule has 2 amide bonds. The number of halogens is 1. The maximum atomic E-state index is 13.0. The number of hydrogen-bond acceptors (Lipinski definition) is 7. The number of non-ortho nitro benzene ring substituents is 1.